The number of urea groups is 1. The molecule has 0 fully saturated rings. The van der Waals surface area contributed by atoms with Crippen molar-refractivity contribution in [2.75, 3.05) is 11.9 Å². The van der Waals surface area contributed by atoms with Gasteiger partial charge in [0, 0.05) is 12.2 Å². The number of hydrogen-bond acceptors (Lipinski definition) is 5. The number of amides is 3. The molecule has 2 aromatic rings. The molecule has 4 N–H and O–H groups in total. The molecular formula is C16H17BrN4O3S. The minimum atomic E-state index is -0.621. The van der Waals surface area contributed by atoms with Gasteiger partial charge in [-0.1, -0.05) is 17.3 Å². The van der Waals surface area contributed by atoms with E-state index in [9.17, 15) is 9.59 Å². The second-order valence-corrected chi connectivity index (χ2v) is 7.48. The summed E-state index contributed by atoms with van der Waals surface area (Å²) in [5, 5.41) is 9.13. The number of carbonyl (C=O) groups is 2. The van der Waals surface area contributed by atoms with E-state index >= 15 is 0 Å². The van der Waals surface area contributed by atoms with E-state index in [1.807, 2.05) is 19.1 Å². The van der Waals surface area contributed by atoms with Crippen LogP contribution < -0.4 is 16.4 Å². The second-order valence-electron chi connectivity index (χ2n) is 5.02. The first kappa shape index (κ1) is 18.9. The first-order valence-corrected chi connectivity index (χ1v) is 8.89. The van der Waals surface area contributed by atoms with Gasteiger partial charge in [0.15, 0.2) is 6.61 Å². The van der Waals surface area contributed by atoms with Gasteiger partial charge in [-0.05, 0) is 52.7 Å². The maximum atomic E-state index is 11.8. The van der Waals surface area contributed by atoms with Crippen LogP contribution in [-0.2, 0) is 16.2 Å². The molecule has 0 bridgehead atoms. The van der Waals surface area contributed by atoms with Crippen LogP contribution in [0.5, 0.6) is 0 Å². The quantitative estimate of drug-likeness (QED) is 0.469. The smallest absolute Gasteiger partial charge is 0.316 e. The highest BCUT2D eigenvalue weighted by molar-refractivity contribution is 9.11. The van der Waals surface area contributed by atoms with Gasteiger partial charge in [0.1, 0.15) is 0 Å². The lowest BCUT2D eigenvalue weighted by Crippen LogP contribution is -2.26. The summed E-state index contributed by atoms with van der Waals surface area (Å²) in [6.07, 6.45) is 0. The van der Waals surface area contributed by atoms with Crippen molar-refractivity contribution in [2.24, 2.45) is 10.9 Å². The number of anilines is 1. The number of primary amides is 1. The van der Waals surface area contributed by atoms with E-state index in [0.29, 0.717) is 17.9 Å². The van der Waals surface area contributed by atoms with Crippen molar-refractivity contribution in [2.45, 2.75) is 13.5 Å². The summed E-state index contributed by atoms with van der Waals surface area (Å²) in [6, 6.07) is 10.2. The highest BCUT2D eigenvalue weighted by atomic mass is 79.9. The molecule has 1 aromatic heterocycles. The second kappa shape index (κ2) is 9.19. The highest BCUT2D eigenvalue weighted by Crippen LogP contribution is 2.22. The summed E-state index contributed by atoms with van der Waals surface area (Å²) in [4.78, 5) is 28.6. The van der Waals surface area contributed by atoms with Gasteiger partial charge in [0.05, 0.1) is 14.4 Å². The number of rotatable bonds is 7. The van der Waals surface area contributed by atoms with Crippen molar-refractivity contribution in [1.82, 2.24) is 5.32 Å². The summed E-state index contributed by atoms with van der Waals surface area (Å²) in [7, 11) is 0. The fourth-order valence-electron chi connectivity index (χ4n) is 1.84. The van der Waals surface area contributed by atoms with E-state index in [1.165, 1.54) is 11.3 Å². The SMILES string of the molecule is CC(=NOCC(=O)NCc1ccc(NC(N)=O)cc1)c1ccc(Br)s1. The van der Waals surface area contributed by atoms with E-state index in [2.05, 4.69) is 31.7 Å². The lowest BCUT2D eigenvalue weighted by molar-refractivity contribution is -0.125. The number of carbonyl (C=O) groups excluding carboxylic acids is 2. The molecule has 2 rings (SSSR count). The third kappa shape index (κ3) is 6.55. The maximum Gasteiger partial charge on any atom is 0.316 e. The van der Waals surface area contributed by atoms with E-state index in [4.69, 9.17) is 10.6 Å². The predicted molar refractivity (Wildman–Crippen MR) is 102 cm³/mol. The van der Waals surface area contributed by atoms with Gasteiger partial charge in [-0.15, -0.1) is 11.3 Å². The Morgan fingerprint density at radius 2 is 1.96 bits per heavy atom. The largest absolute Gasteiger partial charge is 0.385 e. The third-order valence-electron chi connectivity index (χ3n) is 3.04. The topological polar surface area (TPSA) is 106 Å². The Labute approximate surface area is 157 Å². The highest BCUT2D eigenvalue weighted by Gasteiger charge is 2.05. The minimum absolute atomic E-state index is 0.162. The van der Waals surface area contributed by atoms with Gasteiger partial charge >= 0.3 is 6.03 Å². The Kier molecular flexibility index (Phi) is 6.96. The van der Waals surface area contributed by atoms with Gasteiger partial charge in [-0.3, -0.25) is 4.79 Å². The number of hydrogen-bond donors (Lipinski definition) is 3. The van der Waals surface area contributed by atoms with Crippen molar-refractivity contribution in [3.63, 3.8) is 0 Å². The molecule has 25 heavy (non-hydrogen) atoms. The molecule has 0 saturated heterocycles. The van der Waals surface area contributed by atoms with Crippen molar-refractivity contribution >= 4 is 50.6 Å². The third-order valence-corrected chi connectivity index (χ3v) is 4.77. The molecule has 0 aliphatic heterocycles. The van der Waals surface area contributed by atoms with Gasteiger partial charge in [0.25, 0.3) is 5.91 Å². The average molecular weight is 425 g/mol. The van der Waals surface area contributed by atoms with Crippen LogP contribution in [-0.4, -0.2) is 24.3 Å². The fraction of sp³-hybridized carbons (Fsp3) is 0.188. The van der Waals surface area contributed by atoms with Crippen LogP contribution in [0.25, 0.3) is 0 Å². The number of nitrogens with one attached hydrogen (secondary N) is 2. The van der Waals surface area contributed by atoms with Crippen molar-refractivity contribution in [3.05, 3.63) is 50.6 Å². The van der Waals surface area contributed by atoms with Crippen molar-refractivity contribution < 1.29 is 14.4 Å². The molecule has 1 heterocycles. The number of thiophene rings is 1. The molecule has 0 aliphatic rings. The standard InChI is InChI=1S/C16H17BrN4O3S/c1-10(13-6-7-14(17)25-13)21-24-9-15(22)19-8-11-2-4-12(5-3-11)20-16(18)23/h2-7H,8-9H2,1H3,(H,19,22)(H3,18,20,23). The number of oxime groups is 1. The molecular weight excluding hydrogens is 408 g/mol. The first-order chi connectivity index (χ1) is 11.9. The van der Waals surface area contributed by atoms with Crippen LogP contribution in [0.1, 0.15) is 17.4 Å². The Balaban J connectivity index is 1.74. The first-order valence-electron chi connectivity index (χ1n) is 7.28. The molecule has 0 saturated carbocycles. The van der Waals surface area contributed by atoms with Gasteiger partial charge in [0.2, 0.25) is 0 Å². The zero-order valence-corrected chi connectivity index (χ0v) is 15.8. The predicted octanol–water partition coefficient (Wildman–Crippen LogP) is 3.06. The maximum absolute atomic E-state index is 11.8. The Bertz CT molecular complexity index is 774. The molecule has 1 aromatic carbocycles. The number of benzene rings is 1. The molecule has 9 heteroatoms. The zero-order valence-electron chi connectivity index (χ0n) is 13.4. The summed E-state index contributed by atoms with van der Waals surface area (Å²) >= 11 is 4.92. The minimum Gasteiger partial charge on any atom is -0.385 e. The monoisotopic (exact) mass is 424 g/mol. The molecule has 132 valence electrons. The van der Waals surface area contributed by atoms with Crippen LogP contribution in [0.15, 0.2) is 45.3 Å². The molecule has 3 amide bonds. The van der Waals surface area contributed by atoms with E-state index in [1.54, 1.807) is 24.3 Å². The average Bonchev–Trinajstić information content (AvgIpc) is 3.00. The molecule has 0 aliphatic carbocycles. The number of halogens is 1. The van der Waals surface area contributed by atoms with Crippen LogP contribution in [0.2, 0.25) is 0 Å². The fourth-order valence-corrected chi connectivity index (χ4v) is 3.16. The summed E-state index contributed by atoms with van der Waals surface area (Å²) in [5.41, 5.74) is 7.22. The molecule has 0 atom stereocenters. The summed E-state index contributed by atoms with van der Waals surface area (Å²) in [5.74, 6) is -0.275. The van der Waals surface area contributed by atoms with Crippen LogP contribution in [0, 0.1) is 0 Å². The molecule has 0 spiro atoms. The van der Waals surface area contributed by atoms with E-state index in [-0.39, 0.29) is 12.5 Å². The number of nitrogens with two attached hydrogens (primary N) is 1. The zero-order chi connectivity index (χ0) is 18.2. The molecule has 7 nitrogen and oxygen atoms in total. The summed E-state index contributed by atoms with van der Waals surface area (Å²) in [6.45, 7) is 2.00. The van der Waals surface area contributed by atoms with E-state index < -0.39 is 6.03 Å². The summed E-state index contributed by atoms with van der Waals surface area (Å²) < 4.78 is 1.01. The van der Waals surface area contributed by atoms with Crippen LogP contribution >= 0.6 is 27.3 Å². The number of nitrogens with zero attached hydrogens (tertiary/aromatic N) is 1. The molecule has 0 radical (unpaired) electrons. The van der Waals surface area contributed by atoms with Gasteiger partial charge in [-0.2, -0.15) is 0 Å². The van der Waals surface area contributed by atoms with Crippen molar-refractivity contribution in [1.29, 1.82) is 0 Å². The van der Waals surface area contributed by atoms with E-state index in [0.717, 1.165) is 14.2 Å². The Hall–Kier alpha value is -2.39. The molecule has 0 unspecified atom stereocenters. The van der Waals surface area contributed by atoms with Gasteiger partial charge < -0.3 is 21.2 Å². The Morgan fingerprint density at radius 3 is 2.56 bits per heavy atom. The van der Waals surface area contributed by atoms with Crippen LogP contribution in [0.4, 0.5) is 10.5 Å². The lowest BCUT2D eigenvalue weighted by atomic mass is 10.2. The van der Waals surface area contributed by atoms with Crippen LogP contribution in [0.3, 0.4) is 0 Å². The lowest BCUT2D eigenvalue weighted by Gasteiger charge is -2.06. The Morgan fingerprint density at radius 1 is 1.24 bits per heavy atom. The normalized spacial score (nSPS) is 11.0. The van der Waals surface area contributed by atoms with Crippen molar-refractivity contribution in [3.8, 4) is 0 Å². The van der Waals surface area contributed by atoms with Gasteiger partial charge in [-0.25, -0.2) is 4.79 Å².